The fraction of sp³-hybridized carbons (Fsp3) is 0.0625. The van der Waals surface area contributed by atoms with Gasteiger partial charge in [-0.1, -0.05) is 29.4 Å². The van der Waals surface area contributed by atoms with Gasteiger partial charge in [0, 0.05) is 5.39 Å². The predicted molar refractivity (Wildman–Crippen MR) is 85.0 cm³/mol. The molecule has 0 bridgehead atoms. The lowest BCUT2D eigenvalue weighted by Gasteiger charge is -1.97. The highest BCUT2D eigenvalue weighted by Gasteiger charge is 2.14. The van der Waals surface area contributed by atoms with Crippen LogP contribution in [0.5, 0.6) is 0 Å². The van der Waals surface area contributed by atoms with Gasteiger partial charge >= 0.3 is 0 Å². The Bertz CT molecular complexity index is 923. The molecule has 6 nitrogen and oxygen atoms in total. The van der Waals surface area contributed by atoms with Gasteiger partial charge in [-0.3, -0.25) is 4.79 Å². The molecule has 3 heterocycles. The fourth-order valence-electron chi connectivity index (χ4n) is 2.17. The van der Waals surface area contributed by atoms with Crippen LogP contribution in [0.4, 0.5) is 0 Å². The zero-order valence-corrected chi connectivity index (χ0v) is 12.7. The maximum atomic E-state index is 12.1. The average Bonchev–Trinajstić information content (AvgIpc) is 3.31. The monoisotopic (exact) mass is 325 g/mol. The number of carbonyl (C=O) groups excluding carboxylic acids is 1. The summed E-state index contributed by atoms with van der Waals surface area (Å²) in [5, 5.41) is 9.43. The number of carbonyl (C=O) groups is 1. The average molecular weight is 325 g/mol. The summed E-state index contributed by atoms with van der Waals surface area (Å²) >= 11 is 1.53. The van der Waals surface area contributed by atoms with Crippen LogP contribution in [-0.2, 0) is 6.54 Å². The number of aromatic nitrogens is 2. The first-order valence-electron chi connectivity index (χ1n) is 6.93. The van der Waals surface area contributed by atoms with Crippen LogP contribution in [-0.4, -0.2) is 16.0 Å². The summed E-state index contributed by atoms with van der Waals surface area (Å²) in [5.74, 6) is 0.798. The van der Waals surface area contributed by atoms with Crippen molar-refractivity contribution in [2.24, 2.45) is 0 Å². The Morgan fingerprint density at radius 1 is 1.22 bits per heavy atom. The summed E-state index contributed by atoms with van der Waals surface area (Å²) < 4.78 is 10.6. The molecule has 0 atom stereocenters. The van der Waals surface area contributed by atoms with E-state index in [1.807, 2.05) is 41.8 Å². The first-order chi connectivity index (χ1) is 11.3. The maximum Gasteiger partial charge on any atom is 0.287 e. The molecule has 0 spiro atoms. The van der Waals surface area contributed by atoms with E-state index in [-0.39, 0.29) is 18.2 Å². The number of rotatable bonds is 4. The van der Waals surface area contributed by atoms with Gasteiger partial charge in [0.25, 0.3) is 5.91 Å². The fourth-order valence-corrected chi connectivity index (χ4v) is 2.82. The topological polar surface area (TPSA) is 81.2 Å². The Morgan fingerprint density at radius 3 is 2.96 bits per heavy atom. The molecule has 4 aromatic rings. The van der Waals surface area contributed by atoms with Gasteiger partial charge in [0.1, 0.15) is 5.58 Å². The van der Waals surface area contributed by atoms with Crippen LogP contribution in [0.2, 0.25) is 0 Å². The summed E-state index contributed by atoms with van der Waals surface area (Å²) in [4.78, 5) is 17.3. The Labute approximate surface area is 134 Å². The molecular weight excluding hydrogens is 314 g/mol. The van der Waals surface area contributed by atoms with Crippen LogP contribution in [0.3, 0.4) is 0 Å². The number of amides is 1. The lowest BCUT2D eigenvalue weighted by molar-refractivity contribution is 0.0920. The van der Waals surface area contributed by atoms with E-state index in [1.54, 1.807) is 6.07 Å². The number of thiophene rings is 1. The second-order valence-corrected chi connectivity index (χ2v) is 5.77. The van der Waals surface area contributed by atoms with Crippen LogP contribution >= 0.6 is 11.3 Å². The SMILES string of the molecule is O=C(NCc1nc(-c2cccs2)no1)c1cc2ccccc2o1. The third kappa shape index (κ3) is 2.74. The molecule has 1 amide bonds. The Hall–Kier alpha value is -2.93. The molecule has 0 aliphatic heterocycles. The molecule has 0 aliphatic rings. The molecule has 3 aromatic heterocycles. The van der Waals surface area contributed by atoms with E-state index in [0.717, 1.165) is 10.3 Å². The molecule has 7 heteroatoms. The minimum Gasteiger partial charge on any atom is -0.451 e. The van der Waals surface area contributed by atoms with Gasteiger partial charge in [-0.25, -0.2) is 0 Å². The number of nitrogens with one attached hydrogen (secondary N) is 1. The van der Waals surface area contributed by atoms with Crippen LogP contribution in [0.15, 0.2) is 56.8 Å². The van der Waals surface area contributed by atoms with E-state index in [4.69, 9.17) is 8.94 Å². The van der Waals surface area contributed by atoms with E-state index in [9.17, 15) is 4.79 Å². The highest BCUT2D eigenvalue weighted by Crippen LogP contribution is 2.21. The van der Waals surface area contributed by atoms with Crippen molar-refractivity contribution in [1.82, 2.24) is 15.5 Å². The number of benzene rings is 1. The van der Waals surface area contributed by atoms with E-state index >= 15 is 0 Å². The van der Waals surface area contributed by atoms with Gasteiger partial charge in [-0.2, -0.15) is 4.98 Å². The lowest BCUT2D eigenvalue weighted by Crippen LogP contribution is -2.22. The minimum atomic E-state index is -0.322. The summed E-state index contributed by atoms with van der Waals surface area (Å²) in [5.41, 5.74) is 0.676. The van der Waals surface area contributed by atoms with Crippen molar-refractivity contribution in [2.75, 3.05) is 0 Å². The highest BCUT2D eigenvalue weighted by molar-refractivity contribution is 7.13. The summed E-state index contributed by atoms with van der Waals surface area (Å²) in [6.45, 7) is 0.147. The van der Waals surface area contributed by atoms with Crippen molar-refractivity contribution in [3.63, 3.8) is 0 Å². The number of furan rings is 1. The molecular formula is C16H11N3O3S. The number of fused-ring (bicyclic) bond motifs is 1. The standard InChI is InChI=1S/C16H11N3O3S/c20-16(12-8-10-4-1-2-5-11(10)21-12)17-9-14-18-15(19-22-14)13-6-3-7-23-13/h1-8H,9H2,(H,17,20). The third-order valence-electron chi connectivity index (χ3n) is 3.26. The second-order valence-electron chi connectivity index (χ2n) is 4.82. The van der Waals surface area contributed by atoms with Crippen molar-refractivity contribution >= 4 is 28.2 Å². The Kier molecular flexibility index (Phi) is 3.39. The molecule has 0 unspecified atom stereocenters. The van der Waals surface area contributed by atoms with Crippen molar-refractivity contribution in [2.45, 2.75) is 6.54 Å². The molecule has 0 saturated carbocycles. The van der Waals surface area contributed by atoms with Crippen LogP contribution in [0, 0.1) is 0 Å². The van der Waals surface area contributed by atoms with Crippen LogP contribution in [0.1, 0.15) is 16.4 Å². The molecule has 0 fully saturated rings. The first kappa shape index (κ1) is 13.7. The second kappa shape index (κ2) is 5.69. The lowest BCUT2D eigenvalue weighted by atomic mass is 10.2. The normalized spacial score (nSPS) is 11.0. The Morgan fingerprint density at radius 2 is 2.13 bits per heavy atom. The zero-order valence-electron chi connectivity index (χ0n) is 11.9. The maximum absolute atomic E-state index is 12.1. The van der Waals surface area contributed by atoms with Crippen LogP contribution in [0.25, 0.3) is 21.7 Å². The molecule has 0 radical (unpaired) electrons. The van der Waals surface area contributed by atoms with Gasteiger partial charge in [-0.15, -0.1) is 11.3 Å². The van der Waals surface area contributed by atoms with Gasteiger partial charge in [0.15, 0.2) is 5.76 Å². The van der Waals surface area contributed by atoms with Crippen molar-refractivity contribution in [1.29, 1.82) is 0 Å². The van der Waals surface area contributed by atoms with E-state index < -0.39 is 0 Å². The van der Waals surface area contributed by atoms with Gasteiger partial charge in [0.2, 0.25) is 11.7 Å². The van der Waals surface area contributed by atoms with Gasteiger partial charge in [-0.05, 0) is 23.6 Å². The molecule has 1 aromatic carbocycles. The summed E-state index contributed by atoms with van der Waals surface area (Å²) in [6, 6.07) is 13.0. The molecule has 4 rings (SSSR count). The van der Waals surface area contributed by atoms with E-state index in [1.165, 1.54) is 11.3 Å². The predicted octanol–water partition coefficient (Wildman–Crippen LogP) is 3.47. The van der Waals surface area contributed by atoms with Crippen molar-refractivity contribution in [3.05, 3.63) is 59.5 Å². The number of hydrogen-bond acceptors (Lipinski definition) is 6. The number of hydrogen-bond donors (Lipinski definition) is 1. The van der Waals surface area contributed by atoms with Crippen molar-refractivity contribution < 1.29 is 13.7 Å². The minimum absolute atomic E-state index is 0.147. The summed E-state index contributed by atoms with van der Waals surface area (Å²) in [7, 11) is 0. The van der Waals surface area contributed by atoms with Crippen LogP contribution < -0.4 is 5.32 Å². The van der Waals surface area contributed by atoms with Crippen molar-refractivity contribution in [3.8, 4) is 10.7 Å². The quantitative estimate of drug-likeness (QED) is 0.621. The Balaban J connectivity index is 1.45. The molecule has 23 heavy (non-hydrogen) atoms. The van der Waals surface area contributed by atoms with Gasteiger partial charge < -0.3 is 14.3 Å². The van der Waals surface area contributed by atoms with E-state index in [2.05, 4.69) is 15.5 Å². The number of nitrogens with zero attached hydrogens (tertiary/aromatic N) is 2. The van der Waals surface area contributed by atoms with Gasteiger partial charge in [0.05, 0.1) is 11.4 Å². The molecule has 114 valence electrons. The van der Waals surface area contributed by atoms with E-state index in [0.29, 0.717) is 17.3 Å². The largest absolute Gasteiger partial charge is 0.451 e. The molecule has 0 aliphatic carbocycles. The third-order valence-corrected chi connectivity index (χ3v) is 4.12. The molecule has 1 N–H and O–H groups in total. The highest BCUT2D eigenvalue weighted by atomic mass is 32.1. The smallest absolute Gasteiger partial charge is 0.287 e. The number of para-hydroxylation sites is 1. The molecule has 0 saturated heterocycles. The zero-order chi connectivity index (χ0) is 15.6. The first-order valence-corrected chi connectivity index (χ1v) is 7.81. The summed E-state index contributed by atoms with van der Waals surface area (Å²) in [6.07, 6.45) is 0.